The molecule has 0 bridgehead atoms. The van der Waals surface area contributed by atoms with E-state index in [0.29, 0.717) is 6.54 Å². The molecule has 0 aliphatic carbocycles. The maximum Gasteiger partial charge on any atom is 0.0110 e. The van der Waals surface area contributed by atoms with Crippen LogP contribution in [-0.2, 0) is 0 Å². The van der Waals surface area contributed by atoms with E-state index in [9.17, 15) is 0 Å². The van der Waals surface area contributed by atoms with Gasteiger partial charge in [0, 0.05) is 6.54 Å². The van der Waals surface area contributed by atoms with Crippen LogP contribution in [0.4, 0.5) is 0 Å². The van der Waals surface area contributed by atoms with Gasteiger partial charge in [0.2, 0.25) is 0 Å². The molecule has 0 heterocycles. The Balaban J connectivity index is 2.79. The molecule has 0 amide bonds. The fraction of sp³-hybridized carbons (Fsp3) is 0.200. The van der Waals surface area contributed by atoms with Crippen molar-refractivity contribution >= 4 is 6.08 Å². The number of hydrogen-bond donors (Lipinski definition) is 1. The van der Waals surface area contributed by atoms with Crippen molar-refractivity contribution in [3.05, 3.63) is 41.5 Å². The average Bonchev–Trinajstić information content (AvgIpc) is 2.01. The van der Waals surface area contributed by atoms with Crippen LogP contribution in [0.1, 0.15) is 11.1 Å². The summed E-state index contributed by atoms with van der Waals surface area (Å²) in [5, 5.41) is 0. The summed E-state index contributed by atoms with van der Waals surface area (Å²) in [7, 11) is 0. The second-order valence-electron chi connectivity index (χ2n) is 2.55. The van der Waals surface area contributed by atoms with Crippen LogP contribution in [0.2, 0.25) is 0 Å². The van der Waals surface area contributed by atoms with Crippen LogP contribution in [0.25, 0.3) is 6.08 Å². The van der Waals surface area contributed by atoms with Crippen LogP contribution in [0, 0.1) is 6.92 Å². The first-order valence-electron chi connectivity index (χ1n) is 3.76. The molecule has 1 nitrogen and oxygen atoms in total. The van der Waals surface area contributed by atoms with Gasteiger partial charge in [0.1, 0.15) is 0 Å². The van der Waals surface area contributed by atoms with Crippen LogP contribution in [0.3, 0.4) is 0 Å². The zero-order valence-corrected chi connectivity index (χ0v) is 6.75. The zero-order chi connectivity index (χ0) is 8.10. The van der Waals surface area contributed by atoms with E-state index in [2.05, 4.69) is 25.1 Å². The molecular formula is C10H13N. The van der Waals surface area contributed by atoms with E-state index in [0.717, 1.165) is 0 Å². The molecule has 1 aromatic rings. The van der Waals surface area contributed by atoms with Crippen molar-refractivity contribution in [2.24, 2.45) is 5.73 Å². The molecule has 0 fully saturated rings. The molecular weight excluding hydrogens is 134 g/mol. The minimum absolute atomic E-state index is 0.605. The van der Waals surface area contributed by atoms with Crippen LogP contribution < -0.4 is 5.73 Å². The Morgan fingerprint density at radius 3 is 2.91 bits per heavy atom. The Labute approximate surface area is 67.5 Å². The lowest BCUT2D eigenvalue weighted by Gasteiger charge is -1.93. The van der Waals surface area contributed by atoms with Crippen molar-refractivity contribution in [2.75, 3.05) is 6.54 Å². The number of aryl methyl sites for hydroxylation is 1. The van der Waals surface area contributed by atoms with Crippen molar-refractivity contribution in [3.8, 4) is 0 Å². The van der Waals surface area contributed by atoms with Crippen molar-refractivity contribution in [1.29, 1.82) is 0 Å². The molecule has 0 unspecified atom stereocenters. The van der Waals surface area contributed by atoms with Crippen LogP contribution >= 0.6 is 0 Å². The highest BCUT2D eigenvalue weighted by Gasteiger charge is 1.85. The summed E-state index contributed by atoms with van der Waals surface area (Å²) >= 11 is 0. The predicted octanol–water partition coefficient (Wildman–Crippen LogP) is 1.97. The molecule has 0 saturated carbocycles. The highest BCUT2D eigenvalue weighted by molar-refractivity contribution is 5.50. The molecule has 58 valence electrons. The summed E-state index contributed by atoms with van der Waals surface area (Å²) in [5.74, 6) is 0. The van der Waals surface area contributed by atoms with Crippen LogP contribution in [0.15, 0.2) is 30.3 Å². The highest BCUT2D eigenvalue weighted by atomic mass is 14.5. The first-order chi connectivity index (χ1) is 5.33. The minimum atomic E-state index is 0.605. The molecule has 1 heteroatoms. The molecule has 0 aliphatic heterocycles. The predicted molar refractivity (Wildman–Crippen MR) is 49.3 cm³/mol. The normalized spacial score (nSPS) is 10.7. The number of nitrogens with two attached hydrogens (primary N) is 1. The second-order valence-corrected chi connectivity index (χ2v) is 2.55. The third kappa shape index (κ3) is 2.56. The Hall–Kier alpha value is -1.08. The summed E-state index contributed by atoms with van der Waals surface area (Å²) in [4.78, 5) is 0. The minimum Gasteiger partial charge on any atom is -0.327 e. The summed E-state index contributed by atoms with van der Waals surface area (Å²) in [6.45, 7) is 2.69. The molecule has 0 aliphatic rings. The quantitative estimate of drug-likeness (QED) is 0.680. The first-order valence-corrected chi connectivity index (χ1v) is 3.76. The summed E-state index contributed by atoms with van der Waals surface area (Å²) in [6, 6.07) is 8.33. The van der Waals surface area contributed by atoms with Gasteiger partial charge in [-0.3, -0.25) is 0 Å². The van der Waals surface area contributed by atoms with E-state index in [1.54, 1.807) is 0 Å². The van der Waals surface area contributed by atoms with Crippen LogP contribution in [-0.4, -0.2) is 6.54 Å². The standard InChI is InChI=1S/C10H13N/c1-9-4-2-5-10(8-9)6-3-7-11/h2-6,8H,7,11H2,1H3. The molecule has 0 saturated heterocycles. The number of benzene rings is 1. The van der Waals surface area contributed by atoms with E-state index in [4.69, 9.17) is 5.73 Å². The second kappa shape index (κ2) is 3.94. The lowest BCUT2D eigenvalue weighted by atomic mass is 10.1. The van der Waals surface area contributed by atoms with Crippen LogP contribution in [0.5, 0.6) is 0 Å². The van der Waals surface area contributed by atoms with E-state index >= 15 is 0 Å². The van der Waals surface area contributed by atoms with Crippen molar-refractivity contribution in [1.82, 2.24) is 0 Å². The van der Waals surface area contributed by atoms with E-state index in [-0.39, 0.29) is 0 Å². The number of hydrogen-bond acceptors (Lipinski definition) is 1. The zero-order valence-electron chi connectivity index (χ0n) is 6.75. The Morgan fingerprint density at radius 1 is 1.45 bits per heavy atom. The molecule has 1 rings (SSSR count). The fourth-order valence-electron chi connectivity index (χ4n) is 0.978. The SMILES string of the molecule is Cc1cccc(C=CCN)c1. The van der Waals surface area contributed by atoms with E-state index < -0.39 is 0 Å². The van der Waals surface area contributed by atoms with Gasteiger partial charge >= 0.3 is 0 Å². The van der Waals surface area contributed by atoms with E-state index in [1.807, 2.05) is 18.2 Å². The Bertz CT molecular complexity index is 251. The van der Waals surface area contributed by atoms with Crippen molar-refractivity contribution < 1.29 is 0 Å². The largest absolute Gasteiger partial charge is 0.327 e. The molecule has 0 atom stereocenters. The van der Waals surface area contributed by atoms with Gasteiger partial charge in [-0.1, -0.05) is 42.0 Å². The van der Waals surface area contributed by atoms with Gasteiger partial charge in [0.05, 0.1) is 0 Å². The highest BCUT2D eigenvalue weighted by Crippen LogP contribution is 2.04. The topological polar surface area (TPSA) is 26.0 Å². The van der Waals surface area contributed by atoms with Gasteiger partial charge in [-0.2, -0.15) is 0 Å². The summed E-state index contributed by atoms with van der Waals surface area (Å²) < 4.78 is 0. The number of rotatable bonds is 2. The van der Waals surface area contributed by atoms with Gasteiger partial charge in [0.25, 0.3) is 0 Å². The first kappa shape index (κ1) is 8.02. The third-order valence-corrected chi connectivity index (χ3v) is 1.49. The molecule has 1 aromatic carbocycles. The van der Waals surface area contributed by atoms with Gasteiger partial charge < -0.3 is 5.73 Å². The molecule has 11 heavy (non-hydrogen) atoms. The molecule has 0 radical (unpaired) electrons. The van der Waals surface area contributed by atoms with Crippen molar-refractivity contribution in [2.45, 2.75) is 6.92 Å². The summed E-state index contributed by atoms with van der Waals surface area (Å²) in [6.07, 6.45) is 3.99. The lowest BCUT2D eigenvalue weighted by Crippen LogP contribution is -1.91. The molecule has 2 N–H and O–H groups in total. The summed E-state index contributed by atoms with van der Waals surface area (Å²) in [5.41, 5.74) is 7.83. The van der Waals surface area contributed by atoms with Gasteiger partial charge in [-0.15, -0.1) is 0 Å². The molecule has 0 spiro atoms. The Morgan fingerprint density at radius 2 is 2.27 bits per heavy atom. The molecule has 0 aromatic heterocycles. The third-order valence-electron chi connectivity index (χ3n) is 1.49. The van der Waals surface area contributed by atoms with Crippen molar-refractivity contribution in [3.63, 3.8) is 0 Å². The van der Waals surface area contributed by atoms with Gasteiger partial charge in [-0.25, -0.2) is 0 Å². The fourth-order valence-corrected chi connectivity index (χ4v) is 0.978. The van der Waals surface area contributed by atoms with Gasteiger partial charge in [-0.05, 0) is 12.5 Å². The Kier molecular flexibility index (Phi) is 2.87. The lowest BCUT2D eigenvalue weighted by molar-refractivity contribution is 1.26. The smallest absolute Gasteiger partial charge is 0.0110 e. The maximum atomic E-state index is 5.33. The monoisotopic (exact) mass is 147 g/mol. The van der Waals surface area contributed by atoms with Gasteiger partial charge in [0.15, 0.2) is 0 Å². The van der Waals surface area contributed by atoms with E-state index in [1.165, 1.54) is 11.1 Å². The average molecular weight is 147 g/mol. The maximum absolute atomic E-state index is 5.33.